The van der Waals surface area contributed by atoms with Crippen LogP contribution in [0.4, 0.5) is 10.5 Å². The molecule has 0 bridgehead atoms. The molecule has 2 aromatic rings. The second kappa shape index (κ2) is 9.86. The van der Waals surface area contributed by atoms with Crippen LogP contribution in [0.2, 0.25) is 0 Å². The minimum absolute atomic E-state index is 0.0833. The SMILES string of the molecule is CCOc1ccccc1N1C(=O)NC(=O)/C(=C\c2cc(Br)c(OC(C)C)c(OC)c2)C1=O. The number of halogens is 1. The first kappa shape index (κ1) is 23.3. The Hall–Kier alpha value is -3.33. The number of rotatable bonds is 7. The lowest BCUT2D eigenvalue weighted by Gasteiger charge is -2.27. The Morgan fingerprint density at radius 3 is 2.50 bits per heavy atom. The molecule has 2 aromatic carbocycles. The molecule has 0 aromatic heterocycles. The maximum absolute atomic E-state index is 13.2. The molecule has 1 N–H and O–H groups in total. The predicted molar refractivity (Wildman–Crippen MR) is 123 cm³/mol. The first-order valence-corrected chi connectivity index (χ1v) is 10.7. The number of urea groups is 1. The Balaban J connectivity index is 2.04. The van der Waals surface area contributed by atoms with Gasteiger partial charge < -0.3 is 14.2 Å². The molecule has 0 saturated carbocycles. The molecule has 1 aliphatic rings. The average molecular weight is 503 g/mol. The van der Waals surface area contributed by atoms with E-state index in [0.29, 0.717) is 33.9 Å². The Kier molecular flexibility index (Phi) is 7.19. The number of imide groups is 2. The van der Waals surface area contributed by atoms with Crippen molar-refractivity contribution in [2.24, 2.45) is 0 Å². The summed E-state index contributed by atoms with van der Waals surface area (Å²) in [5, 5.41) is 2.21. The fraction of sp³-hybridized carbons (Fsp3) is 0.261. The number of ether oxygens (including phenoxy) is 3. The van der Waals surface area contributed by atoms with Gasteiger partial charge >= 0.3 is 6.03 Å². The van der Waals surface area contributed by atoms with Crippen LogP contribution in [0.5, 0.6) is 17.2 Å². The molecule has 32 heavy (non-hydrogen) atoms. The highest BCUT2D eigenvalue weighted by Gasteiger charge is 2.38. The van der Waals surface area contributed by atoms with Gasteiger partial charge in [0, 0.05) is 0 Å². The number of nitrogens with zero attached hydrogens (tertiary/aromatic N) is 1. The third-order valence-electron chi connectivity index (χ3n) is 4.42. The predicted octanol–water partition coefficient (Wildman–Crippen LogP) is 4.31. The molecule has 0 radical (unpaired) electrons. The highest BCUT2D eigenvalue weighted by molar-refractivity contribution is 9.10. The first-order chi connectivity index (χ1) is 15.3. The summed E-state index contributed by atoms with van der Waals surface area (Å²) < 4.78 is 17.3. The molecule has 1 saturated heterocycles. The van der Waals surface area contributed by atoms with Crippen molar-refractivity contribution in [1.29, 1.82) is 0 Å². The molecule has 1 heterocycles. The van der Waals surface area contributed by atoms with E-state index in [0.717, 1.165) is 4.90 Å². The maximum atomic E-state index is 13.2. The second-order valence-corrected chi connectivity index (χ2v) is 7.91. The maximum Gasteiger partial charge on any atom is 0.336 e. The number of hydrogen-bond acceptors (Lipinski definition) is 6. The molecule has 168 valence electrons. The number of para-hydroxylation sites is 2. The molecule has 0 spiro atoms. The summed E-state index contributed by atoms with van der Waals surface area (Å²) in [6, 6.07) is 9.13. The molecule has 1 aliphatic heterocycles. The summed E-state index contributed by atoms with van der Waals surface area (Å²) in [6.45, 7) is 5.92. The minimum Gasteiger partial charge on any atom is -0.493 e. The number of hydrogen-bond donors (Lipinski definition) is 1. The van der Waals surface area contributed by atoms with Crippen LogP contribution >= 0.6 is 15.9 Å². The summed E-state index contributed by atoms with van der Waals surface area (Å²) in [6.07, 6.45) is 1.31. The first-order valence-electron chi connectivity index (χ1n) is 9.94. The zero-order valence-electron chi connectivity index (χ0n) is 18.1. The Morgan fingerprint density at radius 2 is 1.84 bits per heavy atom. The van der Waals surface area contributed by atoms with Crippen LogP contribution in [0, 0.1) is 0 Å². The van der Waals surface area contributed by atoms with Gasteiger partial charge in [0.2, 0.25) is 0 Å². The molecule has 0 unspecified atom stereocenters. The summed E-state index contributed by atoms with van der Waals surface area (Å²) >= 11 is 3.45. The highest BCUT2D eigenvalue weighted by atomic mass is 79.9. The van der Waals surface area contributed by atoms with E-state index < -0.39 is 17.8 Å². The number of carbonyl (C=O) groups excluding carboxylic acids is 3. The van der Waals surface area contributed by atoms with Gasteiger partial charge in [0.15, 0.2) is 11.5 Å². The van der Waals surface area contributed by atoms with E-state index in [1.54, 1.807) is 43.3 Å². The topological polar surface area (TPSA) is 94.2 Å². The van der Waals surface area contributed by atoms with Gasteiger partial charge in [-0.05, 0) is 72.6 Å². The monoisotopic (exact) mass is 502 g/mol. The minimum atomic E-state index is -0.844. The van der Waals surface area contributed by atoms with Gasteiger partial charge in [-0.3, -0.25) is 14.9 Å². The van der Waals surface area contributed by atoms with Crippen LogP contribution in [-0.4, -0.2) is 37.7 Å². The second-order valence-electron chi connectivity index (χ2n) is 7.06. The number of carbonyl (C=O) groups is 3. The lowest BCUT2D eigenvalue weighted by atomic mass is 10.1. The Labute approximate surface area is 194 Å². The van der Waals surface area contributed by atoms with Crippen molar-refractivity contribution in [1.82, 2.24) is 5.32 Å². The van der Waals surface area contributed by atoms with Crippen LogP contribution in [-0.2, 0) is 9.59 Å². The van der Waals surface area contributed by atoms with Gasteiger partial charge in [-0.15, -0.1) is 0 Å². The van der Waals surface area contributed by atoms with Crippen molar-refractivity contribution in [2.45, 2.75) is 26.9 Å². The van der Waals surface area contributed by atoms with Gasteiger partial charge in [-0.1, -0.05) is 12.1 Å². The van der Waals surface area contributed by atoms with Crippen molar-refractivity contribution in [3.8, 4) is 17.2 Å². The van der Waals surface area contributed by atoms with Gasteiger partial charge in [-0.25, -0.2) is 9.69 Å². The molecule has 8 nitrogen and oxygen atoms in total. The summed E-state index contributed by atoms with van der Waals surface area (Å²) in [5.74, 6) is -0.261. The molecule has 0 aliphatic carbocycles. The molecule has 9 heteroatoms. The Bertz CT molecular complexity index is 1100. The summed E-state index contributed by atoms with van der Waals surface area (Å²) in [7, 11) is 1.50. The number of barbiturate groups is 1. The molecular weight excluding hydrogens is 480 g/mol. The summed E-state index contributed by atoms with van der Waals surface area (Å²) in [4.78, 5) is 39.1. The van der Waals surface area contributed by atoms with Gasteiger partial charge in [0.25, 0.3) is 11.8 Å². The molecule has 3 rings (SSSR count). The van der Waals surface area contributed by atoms with E-state index in [-0.39, 0.29) is 17.4 Å². The zero-order valence-corrected chi connectivity index (χ0v) is 19.7. The lowest BCUT2D eigenvalue weighted by molar-refractivity contribution is -0.122. The van der Waals surface area contributed by atoms with Gasteiger partial charge in [-0.2, -0.15) is 0 Å². The van der Waals surface area contributed by atoms with E-state index in [4.69, 9.17) is 14.2 Å². The number of amides is 4. The third kappa shape index (κ3) is 4.77. The van der Waals surface area contributed by atoms with E-state index in [1.165, 1.54) is 13.2 Å². The van der Waals surface area contributed by atoms with Crippen molar-refractivity contribution in [2.75, 3.05) is 18.6 Å². The van der Waals surface area contributed by atoms with Crippen LogP contribution in [0.25, 0.3) is 6.08 Å². The molecular formula is C23H23BrN2O6. The van der Waals surface area contributed by atoms with Crippen molar-refractivity contribution in [3.05, 3.63) is 52.0 Å². The summed E-state index contributed by atoms with van der Waals surface area (Å²) in [5.41, 5.74) is 0.549. The molecule has 1 fully saturated rings. The van der Waals surface area contributed by atoms with Crippen LogP contribution in [0.1, 0.15) is 26.3 Å². The van der Waals surface area contributed by atoms with Crippen molar-refractivity contribution >= 4 is 45.5 Å². The zero-order chi connectivity index (χ0) is 23.4. The van der Waals surface area contributed by atoms with Gasteiger partial charge in [0.1, 0.15) is 11.3 Å². The van der Waals surface area contributed by atoms with Crippen LogP contribution in [0.15, 0.2) is 46.4 Å². The number of nitrogens with one attached hydrogen (secondary N) is 1. The van der Waals surface area contributed by atoms with Crippen molar-refractivity contribution < 1.29 is 28.6 Å². The number of methoxy groups -OCH3 is 1. The van der Waals surface area contributed by atoms with Crippen LogP contribution in [0.3, 0.4) is 0 Å². The van der Waals surface area contributed by atoms with Crippen LogP contribution < -0.4 is 24.4 Å². The molecule has 4 amide bonds. The quantitative estimate of drug-likeness (QED) is 0.447. The van der Waals surface area contributed by atoms with Gasteiger partial charge in [0.05, 0.1) is 30.0 Å². The normalized spacial score (nSPS) is 15.2. The van der Waals surface area contributed by atoms with Crippen molar-refractivity contribution in [3.63, 3.8) is 0 Å². The molecule has 0 atom stereocenters. The lowest BCUT2D eigenvalue weighted by Crippen LogP contribution is -2.54. The third-order valence-corrected chi connectivity index (χ3v) is 5.01. The van der Waals surface area contributed by atoms with E-state index >= 15 is 0 Å². The number of benzene rings is 2. The fourth-order valence-electron chi connectivity index (χ4n) is 3.14. The average Bonchev–Trinajstić information content (AvgIpc) is 2.73. The van der Waals surface area contributed by atoms with E-state index in [1.807, 2.05) is 13.8 Å². The number of anilines is 1. The Morgan fingerprint density at radius 1 is 1.12 bits per heavy atom. The smallest absolute Gasteiger partial charge is 0.336 e. The fourth-order valence-corrected chi connectivity index (χ4v) is 3.69. The highest BCUT2D eigenvalue weighted by Crippen LogP contribution is 2.38. The van der Waals surface area contributed by atoms with E-state index in [2.05, 4.69) is 21.2 Å². The van der Waals surface area contributed by atoms with E-state index in [9.17, 15) is 14.4 Å². The standard InChI is InChI=1S/C23H23BrN2O6/c1-5-31-18-9-7-6-8-17(18)26-22(28)15(21(27)25-23(26)29)10-14-11-16(24)20(32-13(2)3)19(12-14)30-4/h6-13H,5H2,1-4H3,(H,25,27,29)/b15-10+. The largest absolute Gasteiger partial charge is 0.493 e.